The van der Waals surface area contributed by atoms with Crippen molar-refractivity contribution in [3.05, 3.63) is 77.1 Å². The SMILES string of the molecule is O=c1[nH]c2ccc(-n3cnc4ccccc43)nc2n1C1CCOc2ncccc21. The van der Waals surface area contributed by atoms with E-state index in [1.165, 1.54) is 0 Å². The Kier molecular flexibility index (Phi) is 3.34. The molecule has 1 aliphatic heterocycles. The molecule has 1 atom stereocenters. The van der Waals surface area contributed by atoms with Crippen LogP contribution in [0.2, 0.25) is 0 Å². The van der Waals surface area contributed by atoms with E-state index in [0.29, 0.717) is 35.9 Å². The molecule has 0 saturated heterocycles. The minimum Gasteiger partial charge on any atom is -0.477 e. The summed E-state index contributed by atoms with van der Waals surface area (Å²) in [6.45, 7) is 0.500. The summed E-state index contributed by atoms with van der Waals surface area (Å²) in [6.07, 6.45) is 4.12. The van der Waals surface area contributed by atoms with Crippen LogP contribution in [0.25, 0.3) is 28.0 Å². The Morgan fingerprint density at radius 3 is 2.97 bits per heavy atom. The van der Waals surface area contributed by atoms with Crippen LogP contribution in [0.3, 0.4) is 0 Å². The number of ether oxygens (including phenoxy) is 1. The van der Waals surface area contributed by atoms with Crippen LogP contribution in [-0.2, 0) is 0 Å². The first kappa shape index (κ1) is 16.1. The van der Waals surface area contributed by atoms with E-state index in [4.69, 9.17) is 9.72 Å². The van der Waals surface area contributed by atoms with Gasteiger partial charge in [0.1, 0.15) is 12.1 Å². The summed E-state index contributed by atoms with van der Waals surface area (Å²) in [5.74, 6) is 1.28. The first-order valence-electron chi connectivity index (χ1n) is 9.41. The van der Waals surface area contributed by atoms with Crippen molar-refractivity contribution in [2.45, 2.75) is 12.5 Å². The van der Waals surface area contributed by atoms with Crippen molar-refractivity contribution < 1.29 is 4.74 Å². The van der Waals surface area contributed by atoms with E-state index in [0.717, 1.165) is 16.6 Å². The van der Waals surface area contributed by atoms with Crippen LogP contribution in [0, 0.1) is 0 Å². The number of hydrogen-bond acceptors (Lipinski definition) is 5. The average Bonchev–Trinajstić information content (AvgIpc) is 3.33. The van der Waals surface area contributed by atoms with Gasteiger partial charge < -0.3 is 9.72 Å². The van der Waals surface area contributed by atoms with Gasteiger partial charge in [-0.05, 0) is 36.4 Å². The van der Waals surface area contributed by atoms with E-state index in [1.54, 1.807) is 17.1 Å². The predicted molar refractivity (Wildman–Crippen MR) is 107 cm³/mol. The number of aromatic amines is 1. The highest BCUT2D eigenvalue weighted by molar-refractivity contribution is 5.78. The Balaban J connectivity index is 1.57. The summed E-state index contributed by atoms with van der Waals surface area (Å²) in [5, 5.41) is 0. The maximum absolute atomic E-state index is 12.8. The van der Waals surface area contributed by atoms with Crippen molar-refractivity contribution in [3.63, 3.8) is 0 Å². The van der Waals surface area contributed by atoms with E-state index >= 15 is 0 Å². The summed E-state index contributed by atoms with van der Waals surface area (Å²) in [4.78, 5) is 29.3. The van der Waals surface area contributed by atoms with Crippen molar-refractivity contribution in [3.8, 4) is 11.7 Å². The zero-order chi connectivity index (χ0) is 19.4. The van der Waals surface area contributed by atoms with Gasteiger partial charge in [0.25, 0.3) is 0 Å². The maximum atomic E-state index is 12.8. The van der Waals surface area contributed by atoms with Gasteiger partial charge in [-0.3, -0.25) is 9.13 Å². The van der Waals surface area contributed by atoms with E-state index in [1.807, 2.05) is 53.1 Å². The average molecular weight is 384 g/mol. The lowest BCUT2D eigenvalue weighted by atomic mass is 10.0. The Labute approximate surface area is 164 Å². The van der Waals surface area contributed by atoms with Crippen molar-refractivity contribution in [1.29, 1.82) is 0 Å². The number of nitrogens with one attached hydrogen (secondary N) is 1. The molecule has 29 heavy (non-hydrogen) atoms. The van der Waals surface area contributed by atoms with E-state index < -0.39 is 0 Å². The molecule has 8 nitrogen and oxygen atoms in total. The van der Waals surface area contributed by atoms with Crippen molar-refractivity contribution in [2.75, 3.05) is 6.61 Å². The van der Waals surface area contributed by atoms with Crippen molar-refractivity contribution in [2.24, 2.45) is 0 Å². The number of hydrogen-bond donors (Lipinski definition) is 1. The second-order valence-electron chi connectivity index (χ2n) is 6.99. The first-order chi connectivity index (χ1) is 14.3. The Bertz CT molecular complexity index is 1430. The molecule has 1 aromatic carbocycles. The number of aromatic nitrogens is 6. The molecule has 5 heterocycles. The fourth-order valence-corrected chi connectivity index (χ4v) is 4.02. The molecule has 1 N–H and O–H groups in total. The molecule has 5 aromatic rings. The molecule has 0 bridgehead atoms. The van der Waals surface area contributed by atoms with E-state index in [9.17, 15) is 4.79 Å². The molecule has 0 fully saturated rings. The van der Waals surface area contributed by atoms with Crippen molar-refractivity contribution in [1.82, 2.24) is 29.1 Å². The molecule has 0 saturated carbocycles. The summed E-state index contributed by atoms with van der Waals surface area (Å²) < 4.78 is 9.30. The van der Waals surface area contributed by atoms with Crippen LogP contribution in [0.4, 0.5) is 0 Å². The highest BCUT2D eigenvalue weighted by atomic mass is 16.5. The van der Waals surface area contributed by atoms with Gasteiger partial charge in [0.15, 0.2) is 5.65 Å². The quantitative estimate of drug-likeness (QED) is 0.505. The monoisotopic (exact) mass is 384 g/mol. The smallest absolute Gasteiger partial charge is 0.328 e. The fraction of sp³-hybridized carbons (Fsp3) is 0.143. The number of fused-ring (bicyclic) bond motifs is 3. The fourth-order valence-electron chi connectivity index (χ4n) is 4.02. The predicted octanol–water partition coefficient (Wildman–Crippen LogP) is 2.83. The Hall–Kier alpha value is -3.94. The number of rotatable bonds is 2. The zero-order valence-corrected chi connectivity index (χ0v) is 15.3. The van der Waals surface area contributed by atoms with Gasteiger partial charge in [-0.1, -0.05) is 12.1 Å². The standard InChI is InChI=1S/C21H16N6O2/c28-21-24-15-7-8-18(26-12-23-14-5-1-2-6-17(14)26)25-19(15)27(21)16-9-11-29-20-13(16)4-3-10-22-20/h1-8,10,12,16H,9,11H2,(H,24,28). The summed E-state index contributed by atoms with van der Waals surface area (Å²) in [6, 6.07) is 15.3. The third kappa shape index (κ3) is 2.39. The molecule has 8 heteroatoms. The third-order valence-corrected chi connectivity index (χ3v) is 5.35. The lowest BCUT2D eigenvalue weighted by Crippen LogP contribution is -2.28. The lowest BCUT2D eigenvalue weighted by molar-refractivity contribution is 0.246. The van der Waals surface area contributed by atoms with Gasteiger partial charge in [-0.2, -0.15) is 0 Å². The highest BCUT2D eigenvalue weighted by Crippen LogP contribution is 2.33. The van der Waals surface area contributed by atoms with Gasteiger partial charge >= 0.3 is 5.69 Å². The number of para-hydroxylation sites is 2. The number of benzene rings is 1. The van der Waals surface area contributed by atoms with Gasteiger partial charge in [-0.15, -0.1) is 0 Å². The summed E-state index contributed by atoms with van der Waals surface area (Å²) >= 11 is 0. The summed E-state index contributed by atoms with van der Waals surface area (Å²) in [5.41, 5.74) is 3.85. The normalized spacial score (nSPS) is 16.1. The first-order valence-corrected chi connectivity index (χ1v) is 9.41. The lowest BCUT2D eigenvalue weighted by Gasteiger charge is -2.25. The number of nitrogens with zero attached hydrogens (tertiary/aromatic N) is 5. The largest absolute Gasteiger partial charge is 0.477 e. The highest BCUT2D eigenvalue weighted by Gasteiger charge is 2.27. The van der Waals surface area contributed by atoms with Crippen LogP contribution in [-0.4, -0.2) is 35.7 Å². The molecule has 0 spiro atoms. The molecule has 6 rings (SSSR count). The van der Waals surface area contributed by atoms with E-state index in [-0.39, 0.29) is 11.7 Å². The number of H-pyrrole nitrogens is 1. The summed E-state index contributed by atoms with van der Waals surface area (Å²) in [7, 11) is 0. The molecule has 1 aliphatic rings. The Morgan fingerprint density at radius 1 is 1.07 bits per heavy atom. The zero-order valence-electron chi connectivity index (χ0n) is 15.3. The van der Waals surface area contributed by atoms with E-state index in [2.05, 4.69) is 15.0 Å². The van der Waals surface area contributed by atoms with Gasteiger partial charge in [0.05, 0.1) is 29.2 Å². The van der Waals surface area contributed by atoms with Crippen LogP contribution >= 0.6 is 0 Å². The van der Waals surface area contributed by atoms with Gasteiger partial charge in [0, 0.05) is 18.2 Å². The van der Waals surface area contributed by atoms with Crippen LogP contribution in [0.1, 0.15) is 18.0 Å². The molecule has 0 aliphatic carbocycles. The third-order valence-electron chi connectivity index (χ3n) is 5.35. The molecule has 0 radical (unpaired) electrons. The van der Waals surface area contributed by atoms with Gasteiger partial charge in [-0.25, -0.2) is 19.7 Å². The van der Waals surface area contributed by atoms with Crippen LogP contribution < -0.4 is 10.4 Å². The minimum absolute atomic E-state index is 0.184. The minimum atomic E-state index is -0.193. The molecule has 1 unspecified atom stereocenters. The number of pyridine rings is 2. The number of imidazole rings is 2. The molecule has 0 amide bonds. The van der Waals surface area contributed by atoms with Crippen molar-refractivity contribution >= 4 is 22.2 Å². The maximum Gasteiger partial charge on any atom is 0.328 e. The van der Waals surface area contributed by atoms with Gasteiger partial charge in [0.2, 0.25) is 5.88 Å². The molecule has 142 valence electrons. The second-order valence-corrected chi connectivity index (χ2v) is 6.99. The molecular formula is C21H16N6O2. The van der Waals surface area contributed by atoms with Crippen LogP contribution in [0.5, 0.6) is 5.88 Å². The molecular weight excluding hydrogens is 368 g/mol. The second kappa shape index (κ2) is 6.03. The Morgan fingerprint density at radius 2 is 2.00 bits per heavy atom. The topological polar surface area (TPSA) is 90.6 Å². The van der Waals surface area contributed by atoms with Crippen LogP contribution in [0.15, 0.2) is 65.8 Å². The molecule has 4 aromatic heterocycles.